The van der Waals surface area contributed by atoms with E-state index >= 15 is 0 Å². The fourth-order valence-electron chi connectivity index (χ4n) is 4.61. The zero-order chi connectivity index (χ0) is 26.1. The first-order valence-corrected chi connectivity index (χ1v) is 14.2. The predicted octanol–water partition coefficient (Wildman–Crippen LogP) is 5.54. The molecule has 0 aliphatic carbocycles. The molecule has 36 heavy (non-hydrogen) atoms. The van der Waals surface area contributed by atoms with Crippen molar-refractivity contribution in [2.45, 2.75) is 57.8 Å². The van der Waals surface area contributed by atoms with Crippen LogP contribution < -0.4 is 4.90 Å². The first-order chi connectivity index (χ1) is 16.9. The number of hydrogen-bond donors (Lipinski definition) is 0. The van der Waals surface area contributed by atoms with Crippen LogP contribution in [0.5, 0.6) is 0 Å². The van der Waals surface area contributed by atoms with E-state index in [0.29, 0.717) is 36.0 Å². The molecular formula is C28H35ClN4O2S. The molecule has 0 unspecified atom stereocenters. The molecule has 192 valence electrons. The highest BCUT2D eigenvalue weighted by molar-refractivity contribution is 7.89. The van der Waals surface area contributed by atoms with E-state index in [9.17, 15) is 8.42 Å². The van der Waals surface area contributed by atoms with Crippen molar-refractivity contribution < 1.29 is 8.42 Å². The van der Waals surface area contributed by atoms with Crippen molar-refractivity contribution in [1.29, 1.82) is 0 Å². The summed E-state index contributed by atoms with van der Waals surface area (Å²) in [5.74, 6) is 1.61. The van der Waals surface area contributed by atoms with E-state index in [2.05, 4.69) is 30.7 Å². The Morgan fingerprint density at radius 2 is 1.56 bits per heavy atom. The zero-order valence-corrected chi connectivity index (χ0v) is 23.3. The topological polar surface area (TPSA) is 66.4 Å². The van der Waals surface area contributed by atoms with Crippen LogP contribution in [0.2, 0.25) is 5.02 Å². The summed E-state index contributed by atoms with van der Waals surface area (Å²) in [4.78, 5) is 12.0. The number of aromatic nitrogens is 2. The Kier molecular flexibility index (Phi) is 7.74. The zero-order valence-electron chi connectivity index (χ0n) is 21.8. The minimum Gasteiger partial charge on any atom is -0.355 e. The van der Waals surface area contributed by atoms with E-state index in [0.717, 1.165) is 47.0 Å². The molecule has 1 aliphatic heterocycles. The molecule has 0 bridgehead atoms. The van der Waals surface area contributed by atoms with E-state index in [1.54, 1.807) is 16.4 Å². The smallest absolute Gasteiger partial charge is 0.243 e. The van der Waals surface area contributed by atoms with Crippen molar-refractivity contribution in [2.24, 2.45) is 0 Å². The van der Waals surface area contributed by atoms with E-state index in [-0.39, 0.29) is 5.41 Å². The van der Waals surface area contributed by atoms with Gasteiger partial charge < -0.3 is 4.90 Å². The lowest BCUT2D eigenvalue weighted by Gasteiger charge is -2.26. The summed E-state index contributed by atoms with van der Waals surface area (Å²) in [6.07, 6.45) is 1.42. The normalized spacial score (nSPS) is 15.7. The molecule has 2 heterocycles. The first kappa shape index (κ1) is 26.6. The highest BCUT2D eigenvalue weighted by Crippen LogP contribution is 2.28. The summed E-state index contributed by atoms with van der Waals surface area (Å²) in [7, 11) is -3.57. The molecule has 0 atom stereocenters. The average Bonchev–Trinajstić information content (AvgIpc) is 3.08. The number of nitrogens with zero attached hydrogens (tertiary/aromatic N) is 4. The standard InChI is InChI=1S/C28H35ClN4O2S/c1-20-26(19-22-7-11-24(29)12-8-22)27(31-21(2)30-20)32-15-6-16-33(18-17-32)36(34,35)25-13-9-23(10-14-25)28(3,4)5/h7-14H,6,15-19H2,1-5H3. The van der Waals surface area contributed by atoms with Crippen LogP contribution in [0.3, 0.4) is 0 Å². The number of rotatable bonds is 5. The Morgan fingerprint density at radius 1 is 0.889 bits per heavy atom. The minimum atomic E-state index is -3.57. The molecule has 8 heteroatoms. The lowest BCUT2D eigenvalue weighted by atomic mass is 9.87. The van der Waals surface area contributed by atoms with Gasteiger partial charge in [-0.15, -0.1) is 0 Å². The summed E-state index contributed by atoms with van der Waals surface area (Å²) >= 11 is 6.07. The molecule has 3 aromatic rings. The quantitative estimate of drug-likeness (QED) is 0.437. The SMILES string of the molecule is Cc1nc(C)c(Cc2ccc(Cl)cc2)c(N2CCCN(S(=O)(=O)c3ccc(C(C)(C)C)cc3)CC2)n1. The molecule has 1 aromatic heterocycles. The molecule has 0 spiro atoms. The molecule has 1 fully saturated rings. The molecule has 0 saturated carbocycles. The highest BCUT2D eigenvalue weighted by Gasteiger charge is 2.29. The second-order valence-corrected chi connectivity index (χ2v) is 12.9. The van der Waals surface area contributed by atoms with Crippen molar-refractivity contribution in [3.63, 3.8) is 0 Å². The lowest BCUT2D eigenvalue weighted by Crippen LogP contribution is -2.35. The highest BCUT2D eigenvalue weighted by atomic mass is 35.5. The predicted molar refractivity (Wildman–Crippen MR) is 146 cm³/mol. The van der Waals surface area contributed by atoms with E-state index < -0.39 is 10.0 Å². The number of halogens is 1. The third-order valence-electron chi connectivity index (χ3n) is 6.71. The van der Waals surface area contributed by atoms with E-state index in [4.69, 9.17) is 16.6 Å². The summed E-state index contributed by atoms with van der Waals surface area (Å²) in [5.41, 5.74) is 4.24. The van der Waals surface area contributed by atoms with Crippen molar-refractivity contribution in [3.05, 3.63) is 81.8 Å². The Bertz CT molecular complexity index is 1320. The Morgan fingerprint density at radius 3 is 2.19 bits per heavy atom. The second kappa shape index (κ2) is 10.5. The summed E-state index contributed by atoms with van der Waals surface area (Å²) in [6, 6.07) is 15.1. The molecule has 1 aliphatic rings. The van der Waals surface area contributed by atoms with Crippen molar-refractivity contribution in [2.75, 3.05) is 31.1 Å². The van der Waals surface area contributed by atoms with Gasteiger partial charge >= 0.3 is 0 Å². The van der Waals surface area contributed by atoms with Crippen LogP contribution in [-0.2, 0) is 21.9 Å². The third kappa shape index (κ3) is 5.90. The maximum absolute atomic E-state index is 13.5. The maximum Gasteiger partial charge on any atom is 0.243 e. The molecular weight excluding hydrogens is 492 g/mol. The van der Waals surface area contributed by atoms with Gasteiger partial charge in [0.2, 0.25) is 10.0 Å². The maximum atomic E-state index is 13.5. The monoisotopic (exact) mass is 526 g/mol. The molecule has 0 amide bonds. The molecule has 0 N–H and O–H groups in total. The van der Waals surface area contributed by atoms with Crippen molar-refractivity contribution in [1.82, 2.24) is 14.3 Å². The van der Waals surface area contributed by atoms with Gasteiger partial charge in [-0.1, -0.05) is 56.6 Å². The minimum absolute atomic E-state index is 0.0249. The van der Waals surface area contributed by atoms with Crippen LogP contribution in [-0.4, -0.2) is 48.9 Å². The largest absolute Gasteiger partial charge is 0.355 e. The Labute approximate surface area is 220 Å². The van der Waals surface area contributed by atoms with Gasteiger partial charge in [0, 0.05) is 48.9 Å². The van der Waals surface area contributed by atoms with Crippen molar-refractivity contribution in [3.8, 4) is 0 Å². The van der Waals surface area contributed by atoms with Gasteiger partial charge in [0.1, 0.15) is 11.6 Å². The fourth-order valence-corrected chi connectivity index (χ4v) is 6.21. The number of benzene rings is 2. The summed E-state index contributed by atoms with van der Waals surface area (Å²) in [5, 5.41) is 0.706. The molecule has 1 saturated heterocycles. The van der Waals surface area contributed by atoms with E-state index in [1.165, 1.54) is 0 Å². The second-order valence-electron chi connectivity index (χ2n) is 10.5. The van der Waals surface area contributed by atoms with Crippen molar-refractivity contribution >= 4 is 27.4 Å². The average molecular weight is 527 g/mol. The number of anilines is 1. The van der Waals surface area contributed by atoms with Crippen LogP contribution in [0, 0.1) is 13.8 Å². The van der Waals surface area contributed by atoms with E-state index in [1.807, 2.05) is 50.2 Å². The van der Waals surface area contributed by atoms with Crippen LogP contribution in [0.1, 0.15) is 55.4 Å². The van der Waals surface area contributed by atoms with Crippen LogP contribution in [0.4, 0.5) is 5.82 Å². The molecule has 2 aromatic carbocycles. The summed E-state index contributed by atoms with van der Waals surface area (Å²) in [6.45, 7) is 12.5. The van der Waals surface area contributed by atoms with Gasteiger partial charge in [-0.3, -0.25) is 0 Å². The van der Waals surface area contributed by atoms with Gasteiger partial charge in [-0.05, 0) is 61.1 Å². The molecule has 0 radical (unpaired) electrons. The third-order valence-corrected chi connectivity index (χ3v) is 8.88. The Hall–Kier alpha value is -2.48. The first-order valence-electron chi connectivity index (χ1n) is 12.4. The Balaban J connectivity index is 1.56. The summed E-state index contributed by atoms with van der Waals surface area (Å²) < 4.78 is 28.5. The van der Waals surface area contributed by atoms with Gasteiger partial charge in [0.15, 0.2) is 0 Å². The van der Waals surface area contributed by atoms with Gasteiger partial charge in [0.25, 0.3) is 0 Å². The van der Waals surface area contributed by atoms with Gasteiger partial charge in [-0.2, -0.15) is 4.31 Å². The molecule has 6 nitrogen and oxygen atoms in total. The molecule has 4 rings (SSSR count). The lowest BCUT2D eigenvalue weighted by molar-refractivity contribution is 0.433. The fraction of sp³-hybridized carbons (Fsp3) is 0.429. The van der Waals surface area contributed by atoms with Crippen LogP contribution in [0.25, 0.3) is 0 Å². The van der Waals surface area contributed by atoms with Crippen LogP contribution in [0.15, 0.2) is 53.4 Å². The van der Waals surface area contributed by atoms with Gasteiger partial charge in [-0.25, -0.2) is 18.4 Å². The number of sulfonamides is 1. The number of aryl methyl sites for hydroxylation is 2. The van der Waals surface area contributed by atoms with Crippen LogP contribution >= 0.6 is 11.6 Å². The van der Waals surface area contributed by atoms with Gasteiger partial charge in [0.05, 0.1) is 4.90 Å². The number of hydrogen-bond acceptors (Lipinski definition) is 5.